The van der Waals surface area contributed by atoms with Gasteiger partial charge in [-0.1, -0.05) is 22.7 Å². The molecule has 1 unspecified atom stereocenters. The van der Waals surface area contributed by atoms with Crippen LogP contribution in [0.4, 0.5) is 15.0 Å². The molecule has 1 aromatic rings. The topological polar surface area (TPSA) is 57.6 Å². The van der Waals surface area contributed by atoms with E-state index in [0.717, 1.165) is 17.7 Å². The number of anilines is 1. The summed E-state index contributed by atoms with van der Waals surface area (Å²) < 4.78 is 19.2. The molecule has 25 heavy (non-hydrogen) atoms. The van der Waals surface area contributed by atoms with E-state index in [-0.39, 0.29) is 11.4 Å². The minimum Gasteiger partial charge on any atom is -0.444 e. The second kappa shape index (κ2) is 6.87. The van der Waals surface area contributed by atoms with Crippen LogP contribution in [0, 0.1) is 0 Å². The fourth-order valence-electron chi connectivity index (χ4n) is 2.88. The molecule has 8 heteroatoms. The van der Waals surface area contributed by atoms with E-state index in [1.54, 1.807) is 4.90 Å². The van der Waals surface area contributed by atoms with Crippen LogP contribution in [0.5, 0.6) is 0 Å². The van der Waals surface area contributed by atoms with Crippen LogP contribution in [0.15, 0.2) is 29.3 Å². The number of carbonyl (C=O) groups excluding carboxylic acids is 1. The summed E-state index contributed by atoms with van der Waals surface area (Å²) in [6.07, 6.45) is -0.00808. The molecule has 0 spiro atoms. The van der Waals surface area contributed by atoms with E-state index in [1.807, 2.05) is 45.0 Å². The molecule has 0 radical (unpaired) electrons. The van der Waals surface area contributed by atoms with Crippen molar-refractivity contribution in [3.63, 3.8) is 0 Å². The molecule has 0 saturated carbocycles. The lowest BCUT2D eigenvalue weighted by Gasteiger charge is -2.37. The number of rotatable bonds is 2. The smallest absolute Gasteiger partial charge is 0.410 e. The number of para-hydroxylation sites is 1. The first-order valence-electron chi connectivity index (χ1n) is 8.30. The zero-order chi connectivity index (χ0) is 18.0. The molecule has 1 aromatic carbocycles. The first-order valence-corrected chi connectivity index (χ1v) is 8.30. The third-order valence-corrected chi connectivity index (χ3v) is 4.03. The van der Waals surface area contributed by atoms with E-state index in [1.165, 1.54) is 0 Å². The largest absolute Gasteiger partial charge is 0.444 e. The van der Waals surface area contributed by atoms with Gasteiger partial charge in [0, 0.05) is 37.4 Å². The van der Waals surface area contributed by atoms with Crippen LogP contribution in [0.3, 0.4) is 0 Å². The molecule has 2 aliphatic rings. The Labute approximate surface area is 146 Å². The first-order chi connectivity index (χ1) is 11.8. The maximum Gasteiger partial charge on any atom is 0.410 e. The van der Waals surface area contributed by atoms with Crippen molar-refractivity contribution in [1.82, 2.24) is 10.2 Å². The van der Waals surface area contributed by atoms with Gasteiger partial charge in [-0.25, -0.2) is 9.79 Å². The quantitative estimate of drug-likeness (QED) is 0.768. The molecule has 7 nitrogen and oxygen atoms in total. The number of nitrogens with zero attached hydrogens (tertiary/aromatic N) is 4. The van der Waals surface area contributed by atoms with Gasteiger partial charge in [0.15, 0.2) is 6.17 Å². The average Bonchev–Trinajstić information content (AvgIpc) is 2.99. The van der Waals surface area contributed by atoms with Gasteiger partial charge in [0.05, 0.1) is 5.29 Å². The molecular formula is C17H23FN4O3. The van der Waals surface area contributed by atoms with E-state index < -0.39 is 11.8 Å². The van der Waals surface area contributed by atoms with Crippen LogP contribution >= 0.6 is 0 Å². The number of carbonyl (C=O) groups is 1. The van der Waals surface area contributed by atoms with E-state index >= 15 is 0 Å². The fourth-order valence-corrected chi connectivity index (χ4v) is 2.88. The Balaban J connectivity index is 1.68. The van der Waals surface area contributed by atoms with Gasteiger partial charge >= 0.3 is 6.09 Å². The van der Waals surface area contributed by atoms with Crippen molar-refractivity contribution in [2.24, 2.45) is 4.99 Å². The summed E-state index contributed by atoms with van der Waals surface area (Å²) in [6.45, 7) is 7.93. The van der Waals surface area contributed by atoms with Gasteiger partial charge in [-0.3, -0.25) is 0 Å². The molecule has 2 aliphatic heterocycles. The van der Waals surface area contributed by atoms with Crippen molar-refractivity contribution in [1.29, 1.82) is 0 Å². The number of hydroxylamine groups is 1. The van der Waals surface area contributed by atoms with E-state index in [0.29, 0.717) is 26.2 Å². The summed E-state index contributed by atoms with van der Waals surface area (Å²) >= 11 is 0. The highest BCUT2D eigenvalue weighted by Gasteiger charge is 2.31. The Hall–Kier alpha value is -2.35. The van der Waals surface area contributed by atoms with Crippen LogP contribution in [-0.2, 0) is 9.57 Å². The highest BCUT2D eigenvalue weighted by Crippen LogP contribution is 2.34. The lowest BCUT2D eigenvalue weighted by Crippen LogP contribution is -2.50. The maximum atomic E-state index is 13.7. The molecule has 1 amide bonds. The molecule has 3 rings (SSSR count). The number of hydrogen-bond donors (Lipinski definition) is 0. The van der Waals surface area contributed by atoms with Crippen LogP contribution in [0.2, 0.25) is 0 Å². The van der Waals surface area contributed by atoms with Gasteiger partial charge in [0.1, 0.15) is 5.60 Å². The van der Waals surface area contributed by atoms with Crippen molar-refractivity contribution in [3.8, 4) is 0 Å². The molecule has 2 heterocycles. The monoisotopic (exact) mass is 350 g/mol. The average molecular weight is 350 g/mol. The van der Waals surface area contributed by atoms with Crippen molar-refractivity contribution in [3.05, 3.63) is 29.8 Å². The van der Waals surface area contributed by atoms with Crippen molar-refractivity contribution >= 4 is 18.2 Å². The molecule has 136 valence electrons. The van der Waals surface area contributed by atoms with E-state index in [2.05, 4.69) is 14.7 Å². The molecule has 0 N–H and O–H groups in total. The zero-order valence-corrected chi connectivity index (χ0v) is 14.7. The van der Waals surface area contributed by atoms with Crippen LogP contribution < -0.4 is 4.90 Å². The summed E-state index contributed by atoms with van der Waals surface area (Å²) in [5.41, 5.74) is 1.11. The summed E-state index contributed by atoms with van der Waals surface area (Å²) in [5, 5.41) is 0.232. The lowest BCUT2D eigenvalue weighted by molar-refractivity contribution is -0.230. The predicted octanol–water partition coefficient (Wildman–Crippen LogP) is 2.90. The Morgan fingerprint density at radius 1 is 1.24 bits per heavy atom. The van der Waals surface area contributed by atoms with Gasteiger partial charge in [0.25, 0.3) is 0 Å². The number of halogens is 1. The Morgan fingerprint density at radius 2 is 1.92 bits per heavy atom. The lowest BCUT2D eigenvalue weighted by atomic mass is 10.1. The number of hydrogen-bond acceptors (Lipinski definition) is 6. The summed E-state index contributed by atoms with van der Waals surface area (Å²) in [6, 6.07) is 7.51. The molecule has 0 aliphatic carbocycles. The van der Waals surface area contributed by atoms with Crippen molar-refractivity contribution < 1.29 is 18.9 Å². The van der Waals surface area contributed by atoms with Gasteiger partial charge in [0.2, 0.25) is 6.40 Å². The second-order valence-corrected chi connectivity index (χ2v) is 7.02. The van der Waals surface area contributed by atoms with Crippen LogP contribution in [0.25, 0.3) is 0 Å². The summed E-state index contributed by atoms with van der Waals surface area (Å²) in [5.74, 6) is 0. The van der Waals surface area contributed by atoms with Gasteiger partial charge in [-0.2, -0.15) is 0 Å². The minimum atomic E-state index is -0.805. The molecule has 0 aromatic heterocycles. The second-order valence-electron chi connectivity index (χ2n) is 7.02. The molecule has 0 bridgehead atoms. The maximum absolute atomic E-state index is 13.7. The predicted molar refractivity (Wildman–Crippen MR) is 91.7 cm³/mol. The van der Waals surface area contributed by atoms with E-state index in [4.69, 9.17) is 4.74 Å². The third-order valence-electron chi connectivity index (χ3n) is 4.03. The third kappa shape index (κ3) is 4.01. The van der Waals surface area contributed by atoms with Crippen molar-refractivity contribution in [2.75, 3.05) is 31.1 Å². The first kappa shape index (κ1) is 17.5. The summed E-state index contributed by atoms with van der Waals surface area (Å²) in [4.78, 5) is 24.7. The van der Waals surface area contributed by atoms with Crippen molar-refractivity contribution in [2.45, 2.75) is 32.5 Å². The van der Waals surface area contributed by atoms with Gasteiger partial charge < -0.3 is 19.4 Å². The van der Waals surface area contributed by atoms with Crippen LogP contribution in [0.1, 0.15) is 32.5 Å². The molecular weight excluding hydrogens is 327 g/mol. The highest BCUT2D eigenvalue weighted by atomic mass is 19.2. The van der Waals surface area contributed by atoms with Crippen LogP contribution in [-0.4, -0.2) is 54.5 Å². The van der Waals surface area contributed by atoms with E-state index in [9.17, 15) is 9.28 Å². The number of benzene rings is 1. The fraction of sp³-hybridized carbons (Fsp3) is 0.529. The molecule has 1 atom stereocenters. The van der Waals surface area contributed by atoms with Gasteiger partial charge in [-0.15, -0.1) is 0 Å². The SMILES string of the molecule is CC(C)(C)OC(=O)N1CCN(c2ccccc2C2N=CON2F)CC1. The Bertz CT molecular complexity index is 654. The number of amides is 1. The normalized spacial score (nSPS) is 21.4. The molecule has 1 fully saturated rings. The standard InChI is InChI=1S/C17H23FN4O3/c1-17(2,3)25-16(23)21-10-8-20(9-11-21)14-7-5-4-6-13(14)15-19-12-24-22(15)18/h4-7,12,15H,8-11H2,1-3H3. The number of piperazine rings is 1. The number of aliphatic imine (C=N–C) groups is 1. The zero-order valence-electron chi connectivity index (χ0n) is 14.7. The Kier molecular flexibility index (Phi) is 4.80. The molecule has 1 saturated heterocycles. The Morgan fingerprint density at radius 3 is 2.52 bits per heavy atom. The highest BCUT2D eigenvalue weighted by molar-refractivity contribution is 5.69. The van der Waals surface area contributed by atoms with Gasteiger partial charge in [-0.05, 0) is 26.8 Å². The number of ether oxygens (including phenoxy) is 1. The minimum absolute atomic E-state index is 0.232. The summed E-state index contributed by atoms with van der Waals surface area (Å²) in [7, 11) is 0.